The van der Waals surface area contributed by atoms with Gasteiger partial charge in [0.15, 0.2) is 0 Å². The van der Waals surface area contributed by atoms with Gasteiger partial charge >= 0.3 is 5.97 Å². The number of hydrogen-bond acceptors (Lipinski definition) is 4. The molecule has 0 unspecified atom stereocenters. The molecule has 1 aliphatic heterocycles. The van der Waals surface area contributed by atoms with Crippen LogP contribution in [0.2, 0.25) is 0 Å². The lowest BCUT2D eigenvalue weighted by Crippen LogP contribution is -2.45. The lowest BCUT2D eigenvalue weighted by molar-refractivity contribution is -0.144. The van der Waals surface area contributed by atoms with Crippen LogP contribution in [-0.2, 0) is 9.53 Å². The van der Waals surface area contributed by atoms with E-state index < -0.39 is 5.60 Å². The topological polar surface area (TPSA) is 46.5 Å². The standard InChI is InChI=1S/C6H10O3S/c1-9-5(7)2-6(8)3-10-4-6/h8H,2-4H2,1H3. The summed E-state index contributed by atoms with van der Waals surface area (Å²) in [5.41, 5.74) is -0.766. The van der Waals surface area contributed by atoms with E-state index in [-0.39, 0.29) is 12.4 Å². The quantitative estimate of drug-likeness (QED) is 0.582. The molecule has 1 N–H and O–H groups in total. The molecule has 0 aromatic rings. The van der Waals surface area contributed by atoms with Crippen molar-refractivity contribution in [2.75, 3.05) is 18.6 Å². The van der Waals surface area contributed by atoms with E-state index in [1.54, 1.807) is 11.8 Å². The fourth-order valence-corrected chi connectivity index (χ4v) is 1.66. The molecule has 0 aromatic heterocycles. The zero-order chi connectivity index (χ0) is 7.61. The zero-order valence-corrected chi connectivity index (χ0v) is 6.61. The highest BCUT2D eigenvalue weighted by Crippen LogP contribution is 2.32. The minimum Gasteiger partial charge on any atom is -0.469 e. The molecule has 0 bridgehead atoms. The van der Waals surface area contributed by atoms with E-state index >= 15 is 0 Å². The fourth-order valence-electron chi connectivity index (χ4n) is 0.781. The molecule has 4 heteroatoms. The first-order valence-corrected chi connectivity index (χ1v) is 4.19. The monoisotopic (exact) mass is 162 g/mol. The largest absolute Gasteiger partial charge is 0.469 e. The number of esters is 1. The Morgan fingerprint density at radius 2 is 2.40 bits per heavy atom. The predicted molar refractivity (Wildman–Crippen MR) is 38.9 cm³/mol. The van der Waals surface area contributed by atoms with E-state index in [1.165, 1.54) is 7.11 Å². The average molecular weight is 162 g/mol. The van der Waals surface area contributed by atoms with Gasteiger partial charge in [-0.1, -0.05) is 0 Å². The number of ether oxygens (including phenoxy) is 1. The maximum Gasteiger partial charge on any atom is 0.308 e. The van der Waals surface area contributed by atoms with Crippen LogP contribution < -0.4 is 0 Å². The minimum atomic E-state index is -0.766. The Kier molecular flexibility index (Phi) is 2.21. The molecule has 1 aliphatic rings. The molecule has 1 rings (SSSR count). The van der Waals surface area contributed by atoms with Gasteiger partial charge in [0.25, 0.3) is 0 Å². The second-order valence-electron chi connectivity index (χ2n) is 2.47. The molecule has 0 spiro atoms. The molecule has 10 heavy (non-hydrogen) atoms. The average Bonchev–Trinajstić information content (AvgIpc) is 1.84. The highest BCUT2D eigenvalue weighted by atomic mass is 32.2. The molecular formula is C6H10O3S. The van der Waals surface area contributed by atoms with Gasteiger partial charge in [0.2, 0.25) is 0 Å². The normalized spacial score (nSPS) is 21.4. The Hall–Kier alpha value is -0.220. The van der Waals surface area contributed by atoms with E-state index in [1.807, 2.05) is 0 Å². The minimum absolute atomic E-state index is 0.135. The Bertz CT molecular complexity index is 142. The number of rotatable bonds is 2. The molecule has 0 radical (unpaired) electrons. The molecule has 1 saturated heterocycles. The van der Waals surface area contributed by atoms with Crippen LogP contribution in [0.4, 0.5) is 0 Å². The first-order valence-electron chi connectivity index (χ1n) is 3.03. The number of carbonyl (C=O) groups excluding carboxylic acids is 1. The van der Waals surface area contributed by atoms with Crippen LogP contribution in [0, 0.1) is 0 Å². The molecule has 0 atom stereocenters. The van der Waals surface area contributed by atoms with Crippen molar-refractivity contribution in [1.29, 1.82) is 0 Å². The molecule has 0 saturated carbocycles. The van der Waals surface area contributed by atoms with Crippen LogP contribution in [0.3, 0.4) is 0 Å². The summed E-state index contributed by atoms with van der Waals surface area (Å²) < 4.78 is 4.41. The lowest BCUT2D eigenvalue weighted by atomic mass is 10.0. The smallest absolute Gasteiger partial charge is 0.308 e. The molecular weight excluding hydrogens is 152 g/mol. The van der Waals surface area contributed by atoms with Gasteiger partial charge in [-0.2, -0.15) is 11.8 Å². The molecule has 1 heterocycles. The van der Waals surface area contributed by atoms with Crippen LogP contribution in [0.25, 0.3) is 0 Å². The highest BCUT2D eigenvalue weighted by Gasteiger charge is 2.37. The molecule has 0 amide bonds. The van der Waals surface area contributed by atoms with Crippen molar-refractivity contribution in [3.63, 3.8) is 0 Å². The number of thioether (sulfide) groups is 1. The maximum absolute atomic E-state index is 10.6. The van der Waals surface area contributed by atoms with Gasteiger partial charge in [0.05, 0.1) is 19.1 Å². The number of carbonyl (C=O) groups is 1. The first-order chi connectivity index (χ1) is 4.66. The fraction of sp³-hybridized carbons (Fsp3) is 0.833. The summed E-state index contributed by atoms with van der Waals surface area (Å²) in [5, 5.41) is 9.39. The number of aliphatic hydroxyl groups is 1. The van der Waals surface area contributed by atoms with Gasteiger partial charge in [0, 0.05) is 11.5 Å². The van der Waals surface area contributed by atoms with Gasteiger partial charge < -0.3 is 9.84 Å². The molecule has 3 nitrogen and oxygen atoms in total. The third kappa shape index (κ3) is 1.64. The highest BCUT2D eigenvalue weighted by molar-refractivity contribution is 8.00. The van der Waals surface area contributed by atoms with Crippen molar-refractivity contribution in [2.45, 2.75) is 12.0 Å². The lowest BCUT2D eigenvalue weighted by Gasteiger charge is -2.34. The van der Waals surface area contributed by atoms with Crippen LogP contribution in [0.5, 0.6) is 0 Å². The SMILES string of the molecule is COC(=O)CC1(O)CSC1. The van der Waals surface area contributed by atoms with E-state index in [0.29, 0.717) is 11.5 Å². The number of methoxy groups -OCH3 is 1. The maximum atomic E-state index is 10.6. The van der Waals surface area contributed by atoms with Crippen molar-refractivity contribution in [2.24, 2.45) is 0 Å². The molecule has 0 aliphatic carbocycles. The van der Waals surface area contributed by atoms with Crippen LogP contribution in [-0.4, -0.2) is 35.3 Å². The van der Waals surface area contributed by atoms with Crippen molar-refractivity contribution in [3.8, 4) is 0 Å². The second-order valence-corrected chi connectivity index (χ2v) is 3.46. The summed E-state index contributed by atoms with van der Waals surface area (Å²) in [5.74, 6) is 0.979. The third-order valence-corrected chi connectivity index (χ3v) is 2.93. The Labute approximate surface area is 63.8 Å². The van der Waals surface area contributed by atoms with Gasteiger partial charge in [-0.3, -0.25) is 4.79 Å². The summed E-state index contributed by atoms with van der Waals surface area (Å²) in [6, 6.07) is 0. The molecule has 58 valence electrons. The summed E-state index contributed by atoms with van der Waals surface area (Å²) in [6.45, 7) is 0. The Morgan fingerprint density at radius 3 is 2.70 bits per heavy atom. The predicted octanol–water partition coefficient (Wildman–Crippen LogP) is 0.0274. The summed E-state index contributed by atoms with van der Waals surface area (Å²) in [4.78, 5) is 10.6. The second kappa shape index (κ2) is 2.80. The number of hydrogen-bond donors (Lipinski definition) is 1. The van der Waals surface area contributed by atoms with Crippen LogP contribution in [0.1, 0.15) is 6.42 Å². The van der Waals surface area contributed by atoms with Gasteiger partial charge in [-0.25, -0.2) is 0 Å². The van der Waals surface area contributed by atoms with E-state index in [9.17, 15) is 9.90 Å². The first kappa shape index (κ1) is 7.88. The van der Waals surface area contributed by atoms with Gasteiger partial charge in [0.1, 0.15) is 0 Å². The molecule has 1 fully saturated rings. The van der Waals surface area contributed by atoms with Crippen molar-refractivity contribution in [3.05, 3.63) is 0 Å². The van der Waals surface area contributed by atoms with Gasteiger partial charge in [-0.05, 0) is 0 Å². The van der Waals surface area contributed by atoms with Crippen molar-refractivity contribution in [1.82, 2.24) is 0 Å². The summed E-state index contributed by atoms with van der Waals surface area (Å²) in [6.07, 6.45) is 0.135. The Balaban J connectivity index is 2.29. The van der Waals surface area contributed by atoms with Gasteiger partial charge in [-0.15, -0.1) is 0 Å². The van der Waals surface area contributed by atoms with Crippen molar-refractivity contribution >= 4 is 17.7 Å². The van der Waals surface area contributed by atoms with Crippen LogP contribution in [0.15, 0.2) is 0 Å². The zero-order valence-electron chi connectivity index (χ0n) is 5.79. The third-order valence-electron chi connectivity index (χ3n) is 1.44. The van der Waals surface area contributed by atoms with Crippen LogP contribution >= 0.6 is 11.8 Å². The van der Waals surface area contributed by atoms with E-state index in [0.717, 1.165) is 0 Å². The van der Waals surface area contributed by atoms with E-state index in [4.69, 9.17) is 0 Å². The van der Waals surface area contributed by atoms with Crippen molar-refractivity contribution < 1.29 is 14.6 Å². The molecule has 0 aromatic carbocycles. The summed E-state index contributed by atoms with van der Waals surface area (Å²) >= 11 is 1.64. The Morgan fingerprint density at radius 1 is 1.80 bits per heavy atom. The van der Waals surface area contributed by atoms with E-state index in [2.05, 4.69) is 4.74 Å². The summed E-state index contributed by atoms with van der Waals surface area (Å²) in [7, 11) is 1.33.